The minimum atomic E-state index is -5.11. The van der Waals surface area contributed by atoms with Gasteiger partial charge in [-0.05, 0) is 40.8 Å². The number of hydrogen-bond acceptors (Lipinski definition) is 4. The number of nitrogens with zero attached hydrogens (tertiary/aromatic N) is 2. The topological polar surface area (TPSA) is 62.1 Å². The quantitative estimate of drug-likeness (QED) is 0.434. The summed E-state index contributed by atoms with van der Waals surface area (Å²) < 4.78 is 47.1. The van der Waals surface area contributed by atoms with Gasteiger partial charge in [-0.15, -0.1) is 0 Å². The van der Waals surface area contributed by atoms with Gasteiger partial charge < -0.3 is 9.84 Å². The number of amides is 1. The van der Waals surface area contributed by atoms with E-state index < -0.39 is 30.8 Å². The number of benzene rings is 3. The second kappa shape index (κ2) is 10.0. The molecule has 3 aromatic rings. The third kappa shape index (κ3) is 5.25. The second-order valence-electron chi connectivity index (χ2n) is 9.60. The highest BCUT2D eigenvalue weighted by atomic mass is 19.4. The molecule has 3 aromatic carbocycles. The molecule has 1 N–H and O–H groups in total. The van der Waals surface area contributed by atoms with Crippen molar-refractivity contribution in [1.29, 1.82) is 0 Å². The third-order valence-electron chi connectivity index (χ3n) is 6.80. The lowest BCUT2D eigenvalue weighted by Crippen LogP contribution is -2.57. The normalized spacial score (nSPS) is 18.0. The van der Waals surface area contributed by atoms with Crippen LogP contribution in [0.1, 0.15) is 49.4 Å². The molecule has 1 heterocycles. The summed E-state index contributed by atoms with van der Waals surface area (Å²) in [7, 11) is 0. The Morgan fingerprint density at radius 1 is 0.973 bits per heavy atom. The maximum atomic E-state index is 13.9. The highest BCUT2D eigenvalue weighted by molar-refractivity contribution is 6.03. The van der Waals surface area contributed by atoms with E-state index in [-0.39, 0.29) is 16.1 Å². The zero-order chi connectivity index (χ0) is 26.8. The lowest BCUT2D eigenvalue weighted by atomic mass is 9.78. The van der Waals surface area contributed by atoms with Crippen LogP contribution in [-0.4, -0.2) is 40.2 Å². The largest absolute Gasteiger partial charge is 0.484 e. The first-order valence-electron chi connectivity index (χ1n) is 12.0. The molecule has 8 heteroatoms. The molecule has 37 heavy (non-hydrogen) atoms. The van der Waals surface area contributed by atoms with Gasteiger partial charge in [0.15, 0.2) is 6.61 Å². The number of hydrogen-bond donors (Lipinski definition) is 1. The third-order valence-corrected chi connectivity index (χ3v) is 6.80. The molecule has 0 spiro atoms. The molecule has 0 saturated heterocycles. The molecule has 0 aliphatic carbocycles. The summed E-state index contributed by atoms with van der Waals surface area (Å²) in [5.74, 6) is -0.788. The van der Waals surface area contributed by atoms with E-state index in [0.717, 1.165) is 23.1 Å². The van der Waals surface area contributed by atoms with Gasteiger partial charge in [0.25, 0.3) is 11.6 Å². The van der Waals surface area contributed by atoms with Gasteiger partial charge in [0.1, 0.15) is 5.75 Å². The Kier molecular flexibility index (Phi) is 7.15. The van der Waals surface area contributed by atoms with E-state index in [1.54, 1.807) is 36.4 Å². The van der Waals surface area contributed by atoms with Crippen LogP contribution in [0.2, 0.25) is 0 Å². The van der Waals surface area contributed by atoms with Gasteiger partial charge >= 0.3 is 6.18 Å². The summed E-state index contributed by atoms with van der Waals surface area (Å²) in [6.07, 6.45) is -5.20. The van der Waals surface area contributed by atoms with Gasteiger partial charge in [-0.2, -0.15) is 23.3 Å². The first-order chi connectivity index (χ1) is 17.5. The molecule has 0 radical (unpaired) electrons. The number of halogens is 3. The van der Waals surface area contributed by atoms with Crippen LogP contribution in [0.3, 0.4) is 0 Å². The number of alkyl halides is 3. The van der Waals surface area contributed by atoms with Crippen molar-refractivity contribution in [2.75, 3.05) is 6.61 Å². The van der Waals surface area contributed by atoms with Crippen molar-refractivity contribution < 1.29 is 27.8 Å². The van der Waals surface area contributed by atoms with Gasteiger partial charge in [-0.1, -0.05) is 87.5 Å². The van der Waals surface area contributed by atoms with Crippen LogP contribution >= 0.6 is 0 Å². The van der Waals surface area contributed by atoms with E-state index in [1.165, 1.54) is 0 Å². The molecule has 5 nitrogen and oxygen atoms in total. The van der Waals surface area contributed by atoms with E-state index in [9.17, 15) is 23.1 Å². The Labute approximate surface area is 214 Å². The summed E-state index contributed by atoms with van der Waals surface area (Å²) in [6.45, 7) is 5.41. The van der Waals surface area contributed by atoms with Crippen LogP contribution in [0.5, 0.6) is 5.75 Å². The summed E-state index contributed by atoms with van der Waals surface area (Å²) in [5, 5.41) is 14.5. The van der Waals surface area contributed by atoms with Crippen LogP contribution in [-0.2, 0) is 16.6 Å². The summed E-state index contributed by atoms with van der Waals surface area (Å²) in [4.78, 5) is 12.8. The number of aryl methyl sites for hydroxylation is 1. The molecule has 0 fully saturated rings. The maximum Gasteiger partial charge on any atom is 0.438 e. The molecule has 0 aromatic heterocycles. The van der Waals surface area contributed by atoms with Gasteiger partial charge in [0.05, 0.1) is 12.1 Å². The Morgan fingerprint density at radius 3 is 2.14 bits per heavy atom. The van der Waals surface area contributed by atoms with E-state index >= 15 is 0 Å². The summed E-state index contributed by atoms with van der Waals surface area (Å²) in [5.41, 5.74) is -0.210. The monoisotopic (exact) mass is 510 g/mol. The molecule has 0 unspecified atom stereocenters. The lowest BCUT2D eigenvalue weighted by Gasteiger charge is -2.32. The first kappa shape index (κ1) is 26.4. The van der Waals surface area contributed by atoms with Crippen molar-refractivity contribution in [3.8, 4) is 5.75 Å². The number of carbonyl (C=O) groups is 1. The smallest absolute Gasteiger partial charge is 0.438 e. The number of carbonyl (C=O) groups excluding carboxylic acids is 1. The standard InChI is InChI=1S/C29H29F3N2O3/c1-4-20-10-12-21(13-11-20)25-18-28(36,29(30,31)32)34(33-25)26(35)19-37-24-16-14-23(15-17-24)27(2,3)22-8-6-5-7-9-22/h5-17,36H,4,18-19H2,1-3H3/t28-/m0/s1. The number of hydrazone groups is 1. The molecule has 1 amide bonds. The summed E-state index contributed by atoms with van der Waals surface area (Å²) in [6, 6.07) is 23.8. The van der Waals surface area contributed by atoms with Gasteiger partial charge in [-0.3, -0.25) is 4.79 Å². The Bertz CT molecular complexity index is 1270. The fourth-order valence-corrected chi connectivity index (χ4v) is 4.32. The van der Waals surface area contributed by atoms with Crippen molar-refractivity contribution in [2.45, 2.75) is 50.9 Å². The van der Waals surface area contributed by atoms with Gasteiger partial charge in [0, 0.05) is 5.41 Å². The van der Waals surface area contributed by atoms with Crippen LogP contribution in [0.4, 0.5) is 13.2 Å². The molecule has 1 aliphatic rings. The van der Waals surface area contributed by atoms with Crippen LogP contribution in [0.25, 0.3) is 0 Å². The van der Waals surface area contributed by atoms with E-state index in [4.69, 9.17) is 4.74 Å². The van der Waals surface area contributed by atoms with E-state index in [1.807, 2.05) is 49.4 Å². The lowest BCUT2D eigenvalue weighted by molar-refractivity contribution is -0.302. The Hall–Kier alpha value is -3.65. The minimum Gasteiger partial charge on any atom is -0.484 e. The van der Waals surface area contributed by atoms with E-state index in [0.29, 0.717) is 11.3 Å². The Balaban J connectivity index is 1.50. The van der Waals surface area contributed by atoms with Crippen LogP contribution in [0, 0.1) is 0 Å². The van der Waals surface area contributed by atoms with Crippen molar-refractivity contribution in [2.24, 2.45) is 5.10 Å². The highest BCUT2D eigenvalue weighted by Gasteiger charge is 2.63. The molecule has 194 valence electrons. The molecular formula is C29H29F3N2O3. The van der Waals surface area contributed by atoms with Crippen molar-refractivity contribution in [3.63, 3.8) is 0 Å². The van der Waals surface area contributed by atoms with Crippen molar-refractivity contribution in [3.05, 3.63) is 101 Å². The fraction of sp³-hybridized carbons (Fsp3) is 0.310. The van der Waals surface area contributed by atoms with Crippen molar-refractivity contribution in [1.82, 2.24) is 5.01 Å². The van der Waals surface area contributed by atoms with Crippen LogP contribution in [0.15, 0.2) is 84.0 Å². The predicted octanol–water partition coefficient (Wildman–Crippen LogP) is 5.84. The summed E-state index contributed by atoms with van der Waals surface area (Å²) >= 11 is 0. The average molecular weight is 511 g/mol. The zero-order valence-electron chi connectivity index (χ0n) is 20.9. The SMILES string of the molecule is CCc1ccc(C2=NN(C(=O)COc3ccc(C(C)(C)c4ccccc4)cc3)[C@@](O)(C(F)(F)F)C2)cc1. The minimum absolute atomic E-state index is 0.0247. The Morgan fingerprint density at radius 2 is 1.57 bits per heavy atom. The second-order valence-corrected chi connectivity index (χ2v) is 9.60. The molecule has 1 atom stereocenters. The molecule has 0 bridgehead atoms. The van der Waals surface area contributed by atoms with Gasteiger partial charge in [0.2, 0.25) is 0 Å². The molecular weight excluding hydrogens is 481 g/mol. The fourth-order valence-electron chi connectivity index (χ4n) is 4.32. The molecule has 4 rings (SSSR count). The number of ether oxygens (including phenoxy) is 1. The van der Waals surface area contributed by atoms with Gasteiger partial charge in [-0.25, -0.2) is 0 Å². The highest BCUT2D eigenvalue weighted by Crippen LogP contribution is 2.41. The molecule has 1 aliphatic heterocycles. The van der Waals surface area contributed by atoms with Crippen LogP contribution < -0.4 is 4.74 Å². The first-order valence-corrected chi connectivity index (χ1v) is 12.0. The number of rotatable bonds is 7. The van der Waals surface area contributed by atoms with Crippen molar-refractivity contribution >= 4 is 11.6 Å². The number of aliphatic hydroxyl groups is 1. The maximum absolute atomic E-state index is 13.9. The average Bonchev–Trinajstić information content (AvgIpc) is 3.27. The molecule has 0 saturated carbocycles. The predicted molar refractivity (Wildman–Crippen MR) is 135 cm³/mol. The zero-order valence-corrected chi connectivity index (χ0v) is 20.9. The van der Waals surface area contributed by atoms with E-state index in [2.05, 4.69) is 18.9 Å².